The number of nitro groups is 1. The van der Waals surface area contributed by atoms with E-state index in [9.17, 15) is 19.7 Å². The number of hydrogen-bond donors (Lipinski definition) is 2. The van der Waals surface area contributed by atoms with Gasteiger partial charge in [-0.15, -0.1) is 0 Å². The van der Waals surface area contributed by atoms with E-state index in [1.54, 1.807) is 0 Å². The van der Waals surface area contributed by atoms with Crippen molar-refractivity contribution in [3.63, 3.8) is 0 Å². The summed E-state index contributed by atoms with van der Waals surface area (Å²) in [6.07, 6.45) is 0. The van der Waals surface area contributed by atoms with E-state index in [4.69, 9.17) is 5.84 Å². The van der Waals surface area contributed by atoms with Crippen LogP contribution in [0.25, 0.3) is 11.0 Å². The monoisotopic (exact) mass is 378 g/mol. The zero-order chi connectivity index (χ0) is 13.6. The molecule has 0 radical (unpaired) electrons. The van der Waals surface area contributed by atoms with Crippen LogP contribution >= 0.6 is 31.9 Å². The van der Waals surface area contributed by atoms with Crippen molar-refractivity contribution in [2.75, 3.05) is 5.84 Å². The Morgan fingerprint density at radius 2 is 2.00 bits per heavy atom. The summed E-state index contributed by atoms with van der Waals surface area (Å²) in [6, 6.07) is 1.41. The van der Waals surface area contributed by atoms with Gasteiger partial charge in [0.05, 0.1) is 10.4 Å². The molecule has 0 saturated carbocycles. The third-order valence-electron chi connectivity index (χ3n) is 2.25. The Hall–Kier alpha value is -1.68. The molecule has 10 heteroatoms. The number of nitrogens with two attached hydrogens (primary N) is 1. The van der Waals surface area contributed by atoms with Gasteiger partial charge < -0.3 is 10.8 Å². The molecule has 1 heterocycles. The molecular weight excluding hydrogens is 376 g/mol. The number of aromatic nitrogens is 2. The fraction of sp³-hybridized carbons (Fsp3) is 0. The van der Waals surface area contributed by atoms with Crippen LogP contribution in [0.2, 0.25) is 0 Å². The van der Waals surface area contributed by atoms with Gasteiger partial charge >= 0.3 is 16.8 Å². The summed E-state index contributed by atoms with van der Waals surface area (Å²) in [5.41, 5.74) is -2.51. The number of hydrogen-bond acceptors (Lipinski definition) is 5. The van der Waals surface area contributed by atoms with Gasteiger partial charge in [-0.2, -0.15) is 0 Å². The zero-order valence-electron chi connectivity index (χ0n) is 8.44. The number of aromatic amines is 1. The largest absolute Gasteiger partial charge is 0.335 e. The van der Waals surface area contributed by atoms with E-state index in [0.717, 1.165) is 0 Å². The topological polar surface area (TPSA) is 124 Å². The van der Waals surface area contributed by atoms with Gasteiger partial charge in [0.15, 0.2) is 5.52 Å². The Balaban J connectivity index is 3.19. The minimum absolute atomic E-state index is 0.0869. The lowest BCUT2D eigenvalue weighted by Crippen LogP contribution is -2.40. The van der Waals surface area contributed by atoms with Gasteiger partial charge in [-0.25, -0.2) is 4.68 Å². The van der Waals surface area contributed by atoms with E-state index in [1.165, 1.54) is 6.07 Å². The summed E-state index contributed by atoms with van der Waals surface area (Å²) in [6.45, 7) is 0. The van der Waals surface area contributed by atoms with Crippen molar-refractivity contribution in [3.8, 4) is 0 Å². The van der Waals surface area contributed by atoms with Crippen molar-refractivity contribution in [2.45, 2.75) is 0 Å². The van der Waals surface area contributed by atoms with E-state index < -0.39 is 21.7 Å². The molecule has 0 saturated heterocycles. The van der Waals surface area contributed by atoms with Crippen LogP contribution in [0.1, 0.15) is 0 Å². The van der Waals surface area contributed by atoms with Crippen molar-refractivity contribution in [1.82, 2.24) is 9.66 Å². The lowest BCUT2D eigenvalue weighted by atomic mass is 10.2. The number of nitrogens with zero attached hydrogens (tertiary/aromatic N) is 2. The minimum atomic E-state index is -1.07. The first kappa shape index (κ1) is 12.8. The Morgan fingerprint density at radius 1 is 1.39 bits per heavy atom. The maximum absolute atomic E-state index is 11.4. The number of halogens is 2. The minimum Gasteiger partial charge on any atom is -0.335 e. The highest BCUT2D eigenvalue weighted by Crippen LogP contribution is 2.37. The lowest BCUT2D eigenvalue weighted by Gasteiger charge is -2.07. The molecule has 0 aliphatic heterocycles. The molecule has 2 rings (SSSR count). The molecule has 1 aromatic heterocycles. The third-order valence-corrected chi connectivity index (χ3v) is 4.21. The maximum atomic E-state index is 11.4. The van der Waals surface area contributed by atoms with E-state index in [-0.39, 0.29) is 15.5 Å². The fourth-order valence-electron chi connectivity index (χ4n) is 1.50. The molecule has 2 aromatic rings. The van der Waals surface area contributed by atoms with Crippen LogP contribution in [-0.4, -0.2) is 14.6 Å². The van der Waals surface area contributed by atoms with Gasteiger partial charge in [0.2, 0.25) is 0 Å². The first-order valence-electron chi connectivity index (χ1n) is 4.41. The second-order valence-corrected chi connectivity index (χ2v) is 4.95. The lowest BCUT2D eigenvalue weighted by molar-refractivity contribution is -0.384. The highest BCUT2D eigenvalue weighted by Gasteiger charge is 2.24. The van der Waals surface area contributed by atoms with Gasteiger partial charge in [-0.3, -0.25) is 19.7 Å². The Morgan fingerprint density at radius 3 is 2.56 bits per heavy atom. The summed E-state index contributed by atoms with van der Waals surface area (Å²) >= 11 is 6.13. The molecule has 0 amide bonds. The molecule has 1 aromatic carbocycles. The summed E-state index contributed by atoms with van der Waals surface area (Å²) in [4.78, 5) is 35.2. The van der Waals surface area contributed by atoms with Gasteiger partial charge in [0.1, 0.15) is 4.47 Å². The quantitative estimate of drug-likeness (QED) is 0.328. The number of H-pyrrole nitrogens is 1. The Labute approximate surface area is 115 Å². The van der Waals surface area contributed by atoms with Gasteiger partial charge in [-0.1, -0.05) is 0 Å². The smallest absolute Gasteiger partial charge is 0.335 e. The Kier molecular flexibility index (Phi) is 2.99. The number of nitrogens with one attached hydrogen (secondary N) is 1. The first-order chi connectivity index (χ1) is 8.34. The van der Waals surface area contributed by atoms with Crippen LogP contribution in [0.4, 0.5) is 5.69 Å². The molecule has 18 heavy (non-hydrogen) atoms. The number of benzene rings is 1. The van der Waals surface area contributed by atoms with Gasteiger partial charge in [0.25, 0.3) is 0 Å². The first-order valence-corrected chi connectivity index (χ1v) is 5.99. The van der Waals surface area contributed by atoms with Crippen molar-refractivity contribution in [2.24, 2.45) is 0 Å². The SMILES string of the molecule is Nn1c(=O)c(=O)[nH]c2cc(Br)c(Br)c([N+](=O)[O-])c21. The molecule has 0 atom stereocenters. The van der Waals surface area contributed by atoms with Gasteiger partial charge in [0, 0.05) is 4.47 Å². The van der Waals surface area contributed by atoms with E-state index in [1.807, 2.05) is 0 Å². The number of rotatable bonds is 1. The van der Waals surface area contributed by atoms with Crippen LogP contribution in [0, 0.1) is 10.1 Å². The molecule has 0 aliphatic rings. The predicted octanol–water partition coefficient (Wildman–Crippen LogP) is 0.837. The maximum Gasteiger partial charge on any atom is 0.335 e. The van der Waals surface area contributed by atoms with Gasteiger partial charge in [-0.05, 0) is 37.9 Å². The molecule has 0 bridgehead atoms. The Bertz CT molecular complexity index is 794. The molecule has 0 aliphatic carbocycles. The summed E-state index contributed by atoms with van der Waals surface area (Å²) in [7, 11) is 0. The van der Waals surface area contributed by atoms with Crippen LogP contribution in [0.5, 0.6) is 0 Å². The molecule has 0 spiro atoms. The zero-order valence-corrected chi connectivity index (χ0v) is 11.6. The van der Waals surface area contributed by atoms with Crippen molar-refractivity contribution in [3.05, 3.63) is 45.8 Å². The summed E-state index contributed by atoms with van der Waals surface area (Å²) < 4.78 is 0.949. The highest BCUT2D eigenvalue weighted by atomic mass is 79.9. The number of fused-ring (bicyclic) bond motifs is 1. The normalized spacial score (nSPS) is 10.8. The summed E-state index contributed by atoms with van der Waals surface area (Å²) in [5, 5.41) is 11.0. The predicted molar refractivity (Wildman–Crippen MR) is 71.0 cm³/mol. The van der Waals surface area contributed by atoms with Crippen LogP contribution < -0.4 is 17.0 Å². The fourth-order valence-corrected chi connectivity index (χ4v) is 2.36. The third kappa shape index (κ3) is 1.73. The van der Waals surface area contributed by atoms with Crippen LogP contribution in [0.15, 0.2) is 24.6 Å². The standard InChI is InChI=1S/C8H4Br2N4O4/c9-2-1-3-5(6(4(2)10)14(17)18)13(11)8(16)7(15)12-3/h1H,11H2,(H,12,15). The summed E-state index contributed by atoms with van der Waals surface area (Å²) in [5.74, 6) is 5.42. The van der Waals surface area contributed by atoms with Crippen molar-refractivity contribution in [1.29, 1.82) is 0 Å². The molecule has 3 N–H and O–H groups in total. The highest BCUT2D eigenvalue weighted by molar-refractivity contribution is 9.13. The average molecular weight is 380 g/mol. The van der Waals surface area contributed by atoms with E-state index in [0.29, 0.717) is 9.15 Å². The van der Waals surface area contributed by atoms with Crippen molar-refractivity contribution >= 4 is 48.6 Å². The van der Waals surface area contributed by atoms with E-state index >= 15 is 0 Å². The number of nitrogen functional groups attached to an aromatic ring is 1. The molecule has 8 nitrogen and oxygen atoms in total. The average Bonchev–Trinajstić information content (AvgIpc) is 2.29. The van der Waals surface area contributed by atoms with E-state index in [2.05, 4.69) is 36.8 Å². The van der Waals surface area contributed by atoms with Crippen LogP contribution in [0.3, 0.4) is 0 Å². The van der Waals surface area contributed by atoms with Crippen LogP contribution in [-0.2, 0) is 0 Å². The molecule has 0 fully saturated rings. The molecular formula is C8H4Br2N4O4. The molecule has 0 unspecified atom stereocenters. The second kappa shape index (κ2) is 4.21. The van der Waals surface area contributed by atoms with Crippen molar-refractivity contribution < 1.29 is 4.92 Å². The molecule has 94 valence electrons. The number of nitro benzene ring substituents is 1. The second-order valence-electron chi connectivity index (χ2n) is 3.30.